The molecule has 5 heteroatoms. The van der Waals surface area contributed by atoms with Gasteiger partial charge in [-0.1, -0.05) is 23.2 Å². The molecule has 0 bridgehead atoms. The minimum Gasteiger partial charge on any atom is -0.399 e. The van der Waals surface area contributed by atoms with Crippen LogP contribution in [-0.2, 0) is 6.42 Å². The predicted octanol–water partition coefficient (Wildman–Crippen LogP) is 4.29. The summed E-state index contributed by atoms with van der Waals surface area (Å²) in [6, 6.07) is 9.41. The van der Waals surface area contributed by atoms with E-state index < -0.39 is 0 Å². The molecule has 90 valence electrons. The van der Waals surface area contributed by atoms with Crippen molar-refractivity contribution in [2.75, 3.05) is 17.6 Å². The summed E-state index contributed by atoms with van der Waals surface area (Å²) in [7, 11) is 0. The largest absolute Gasteiger partial charge is 0.399 e. The fourth-order valence-electron chi connectivity index (χ4n) is 1.48. The Bertz CT molecular complexity index is 511. The normalized spacial score (nSPS) is 10.5. The highest BCUT2D eigenvalue weighted by molar-refractivity contribution is 7.16. The first-order valence-corrected chi connectivity index (χ1v) is 6.75. The van der Waals surface area contributed by atoms with Gasteiger partial charge in [0.25, 0.3) is 0 Å². The van der Waals surface area contributed by atoms with Crippen molar-refractivity contribution < 1.29 is 0 Å². The number of nitrogens with two attached hydrogens (primary N) is 1. The number of nitrogens with one attached hydrogen (secondary N) is 1. The minimum absolute atomic E-state index is 0.647. The summed E-state index contributed by atoms with van der Waals surface area (Å²) in [5, 5.41) is 3.92. The summed E-state index contributed by atoms with van der Waals surface area (Å²) in [4.78, 5) is 1.26. The zero-order valence-electron chi connectivity index (χ0n) is 9.04. The molecule has 2 nitrogen and oxygen atoms in total. The quantitative estimate of drug-likeness (QED) is 0.823. The van der Waals surface area contributed by atoms with Gasteiger partial charge in [-0.25, -0.2) is 0 Å². The molecule has 1 aromatic heterocycles. The van der Waals surface area contributed by atoms with E-state index >= 15 is 0 Å². The first kappa shape index (κ1) is 12.6. The van der Waals surface area contributed by atoms with Gasteiger partial charge < -0.3 is 11.1 Å². The van der Waals surface area contributed by atoms with Crippen LogP contribution in [0.15, 0.2) is 30.3 Å². The molecule has 2 rings (SSSR count). The second-order valence-corrected chi connectivity index (χ2v) is 5.83. The van der Waals surface area contributed by atoms with E-state index in [-0.39, 0.29) is 0 Å². The van der Waals surface area contributed by atoms with Gasteiger partial charge in [0.05, 0.1) is 15.0 Å². The topological polar surface area (TPSA) is 38.0 Å². The maximum atomic E-state index is 6.05. The van der Waals surface area contributed by atoms with E-state index in [9.17, 15) is 0 Å². The molecule has 0 unspecified atom stereocenters. The van der Waals surface area contributed by atoms with Crippen LogP contribution in [0.4, 0.5) is 11.4 Å². The van der Waals surface area contributed by atoms with Crippen molar-refractivity contribution >= 4 is 45.9 Å². The van der Waals surface area contributed by atoms with Gasteiger partial charge in [0, 0.05) is 17.1 Å². The van der Waals surface area contributed by atoms with Crippen molar-refractivity contribution in [3.8, 4) is 0 Å². The zero-order valence-corrected chi connectivity index (χ0v) is 11.4. The maximum absolute atomic E-state index is 6.05. The van der Waals surface area contributed by atoms with E-state index in [0.29, 0.717) is 10.7 Å². The van der Waals surface area contributed by atoms with Crippen molar-refractivity contribution in [2.45, 2.75) is 6.42 Å². The number of benzene rings is 1. The summed E-state index contributed by atoms with van der Waals surface area (Å²) in [6.45, 7) is 0.820. The molecule has 1 aromatic carbocycles. The van der Waals surface area contributed by atoms with Crippen LogP contribution in [-0.4, -0.2) is 6.54 Å². The summed E-state index contributed by atoms with van der Waals surface area (Å²) in [5.74, 6) is 0. The maximum Gasteiger partial charge on any atom is 0.0931 e. The first-order chi connectivity index (χ1) is 8.15. The molecule has 17 heavy (non-hydrogen) atoms. The Kier molecular flexibility index (Phi) is 4.15. The fraction of sp³-hybridized carbons (Fsp3) is 0.167. The van der Waals surface area contributed by atoms with Gasteiger partial charge in [-0.3, -0.25) is 0 Å². The lowest BCUT2D eigenvalue weighted by molar-refractivity contribution is 1.04. The number of anilines is 2. The second-order valence-electron chi connectivity index (χ2n) is 3.62. The number of hydrogen-bond acceptors (Lipinski definition) is 3. The van der Waals surface area contributed by atoms with E-state index in [1.807, 2.05) is 24.3 Å². The Labute approximate surface area is 114 Å². The third-order valence-corrected chi connectivity index (χ3v) is 3.91. The van der Waals surface area contributed by atoms with Gasteiger partial charge in [0.15, 0.2) is 0 Å². The van der Waals surface area contributed by atoms with E-state index in [2.05, 4.69) is 5.32 Å². The first-order valence-electron chi connectivity index (χ1n) is 5.18. The SMILES string of the molecule is Nc1ccc(NCCc2ccc(Cl)s2)c(Cl)c1. The molecule has 0 amide bonds. The Hall–Kier alpha value is -0.900. The van der Waals surface area contributed by atoms with Crippen LogP contribution in [0.5, 0.6) is 0 Å². The van der Waals surface area contributed by atoms with Crippen molar-refractivity contribution in [3.05, 3.63) is 44.6 Å². The van der Waals surface area contributed by atoms with Crippen molar-refractivity contribution in [1.82, 2.24) is 0 Å². The van der Waals surface area contributed by atoms with Crippen LogP contribution in [0, 0.1) is 0 Å². The molecule has 0 saturated carbocycles. The van der Waals surface area contributed by atoms with Crippen LogP contribution >= 0.6 is 34.5 Å². The van der Waals surface area contributed by atoms with Crippen LogP contribution in [0.2, 0.25) is 9.36 Å². The lowest BCUT2D eigenvalue weighted by atomic mass is 10.2. The number of nitrogen functional groups attached to an aromatic ring is 1. The number of halogens is 2. The molecule has 0 saturated heterocycles. The molecule has 0 aliphatic rings. The van der Waals surface area contributed by atoms with Crippen LogP contribution in [0.1, 0.15) is 4.88 Å². The molecule has 0 fully saturated rings. The third-order valence-electron chi connectivity index (χ3n) is 2.31. The highest BCUT2D eigenvalue weighted by Gasteiger charge is 2.01. The Morgan fingerprint density at radius 2 is 2.00 bits per heavy atom. The molecule has 0 radical (unpaired) electrons. The zero-order chi connectivity index (χ0) is 12.3. The molecule has 0 spiro atoms. The highest BCUT2D eigenvalue weighted by Crippen LogP contribution is 2.25. The average molecular weight is 287 g/mol. The third kappa shape index (κ3) is 3.53. The smallest absolute Gasteiger partial charge is 0.0931 e. The fourth-order valence-corrected chi connectivity index (χ4v) is 2.82. The molecule has 2 aromatic rings. The van der Waals surface area contributed by atoms with E-state index in [1.54, 1.807) is 17.4 Å². The Morgan fingerprint density at radius 3 is 2.65 bits per heavy atom. The second kappa shape index (κ2) is 5.63. The van der Waals surface area contributed by atoms with Gasteiger partial charge >= 0.3 is 0 Å². The molecular formula is C12H12Cl2N2S. The molecule has 0 atom stereocenters. The van der Waals surface area contributed by atoms with E-state index in [0.717, 1.165) is 23.0 Å². The van der Waals surface area contributed by atoms with E-state index in [4.69, 9.17) is 28.9 Å². The van der Waals surface area contributed by atoms with Gasteiger partial charge in [0.1, 0.15) is 0 Å². The van der Waals surface area contributed by atoms with E-state index in [1.165, 1.54) is 4.88 Å². The number of thiophene rings is 1. The molecule has 0 aliphatic carbocycles. The van der Waals surface area contributed by atoms with Gasteiger partial charge in [-0.05, 0) is 36.8 Å². The van der Waals surface area contributed by atoms with Crippen LogP contribution in [0.3, 0.4) is 0 Å². The summed E-state index contributed by atoms with van der Waals surface area (Å²) in [5.41, 5.74) is 7.20. The molecule has 3 N–H and O–H groups in total. The van der Waals surface area contributed by atoms with Crippen molar-refractivity contribution in [2.24, 2.45) is 0 Å². The molecule has 0 aliphatic heterocycles. The van der Waals surface area contributed by atoms with Gasteiger partial charge in [-0.2, -0.15) is 0 Å². The van der Waals surface area contributed by atoms with Gasteiger partial charge in [0.2, 0.25) is 0 Å². The Morgan fingerprint density at radius 1 is 1.18 bits per heavy atom. The summed E-state index contributed by atoms with van der Waals surface area (Å²) >= 11 is 13.5. The highest BCUT2D eigenvalue weighted by atomic mass is 35.5. The summed E-state index contributed by atoms with van der Waals surface area (Å²) < 4.78 is 0.825. The molecular weight excluding hydrogens is 275 g/mol. The van der Waals surface area contributed by atoms with Crippen LogP contribution < -0.4 is 11.1 Å². The van der Waals surface area contributed by atoms with Crippen LogP contribution in [0.25, 0.3) is 0 Å². The van der Waals surface area contributed by atoms with Crippen molar-refractivity contribution in [3.63, 3.8) is 0 Å². The number of hydrogen-bond donors (Lipinski definition) is 2. The number of rotatable bonds is 4. The van der Waals surface area contributed by atoms with Crippen molar-refractivity contribution in [1.29, 1.82) is 0 Å². The molecule has 1 heterocycles. The standard InChI is InChI=1S/C12H12Cl2N2S/c13-10-7-8(15)1-3-11(10)16-6-5-9-2-4-12(14)17-9/h1-4,7,16H,5-6,15H2. The lowest BCUT2D eigenvalue weighted by Crippen LogP contribution is -2.04. The summed E-state index contributed by atoms with van der Waals surface area (Å²) in [6.07, 6.45) is 0.929. The van der Waals surface area contributed by atoms with Gasteiger partial charge in [-0.15, -0.1) is 11.3 Å². The average Bonchev–Trinajstić information content (AvgIpc) is 2.68. The lowest BCUT2D eigenvalue weighted by Gasteiger charge is -2.08. The predicted molar refractivity (Wildman–Crippen MR) is 77.4 cm³/mol. The monoisotopic (exact) mass is 286 g/mol. The Balaban J connectivity index is 1.90. The minimum atomic E-state index is 0.647.